The van der Waals surface area contributed by atoms with Crippen LogP contribution in [0.15, 0.2) is 49.1 Å². The van der Waals surface area contributed by atoms with Crippen LogP contribution in [0.5, 0.6) is 0 Å². The second kappa shape index (κ2) is 6.97. The van der Waals surface area contributed by atoms with E-state index in [-0.39, 0.29) is 20.1 Å². The Labute approximate surface area is 168 Å². The number of hydrogen-bond acceptors (Lipinski definition) is 4. The highest BCUT2D eigenvalue weighted by Gasteiger charge is 2.22. The van der Waals surface area contributed by atoms with Gasteiger partial charge in [0.1, 0.15) is 0 Å². The second-order valence-corrected chi connectivity index (χ2v) is 6.87. The molecule has 0 spiro atoms. The topological polar surface area (TPSA) is 51.6 Å². The molecule has 0 amide bonds. The van der Waals surface area contributed by atoms with Crippen molar-refractivity contribution in [2.75, 3.05) is 0 Å². The molecule has 4 rings (SSSR count). The van der Waals surface area contributed by atoms with E-state index in [1.807, 2.05) is 12.1 Å². The van der Waals surface area contributed by atoms with Crippen molar-refractivity contribution in [1.82, 2.24) is 19.9 Å². The fourth-order valence-electron chi connectivity index (χ4n) is 2.57. The van der Waals surface area contributed by atoms with Crippen molar-refractivity contribution >= 4 is 57.3 Å². The molecule has 128 valence electrons. The molecule has 8 heteroatoms. The first kappa shape index (κ1) is 17.4. The molecule has 0 fully saturated rings. The van der Waals surface area contributed by atoms with Crippen molar-refractivity contribution in [3.05, 3.63) is 69.1 Å². The Morgan fingerprint density at radius 2 is 1.27 bits per heavy atom. The van der Waals surface area contributed by atoms with Crippen LogP contribution < -0.4 is 0 Å². The smallest absolute Gasteiger partial charge is 0.162 e. The van der Waals surface area contributed by atoms with Crippen molar-refractivity contribution in [2.45, 2.75) is 0 Å². The van der Waals surface area contributed by atoms with Gasteiger partial charge in [0.05, 0.1) is 31.3 Å². The lowest BCUT2D eigenvalue weighted by atomic mass is 10.1. The van der Waals surface area contributed by atoms with E-state index in [4.69, 9.17) is 46.4 Å². The Balaban J connectivity index is 2.16. The molecule has 0 aliphatic rings. The largest absolute Gasteiger partial charge is 0.264 e. The third-order valence-electron chi connectivity index (χ3n) is 3.77. The summed E-state index contributed by atoms with van der Waals surface area (Å²) in [4.78, 5) is 17.5. The predicted molar refractivity (Wildman–Crippen MR) is 106 cm³/mol. The first-order valence-corrected chi connectivity index (χ1v) is 8.93. The Hall–Kier alpha value is -1.98. The van der Waals surface area contributed by atoms with E-state index < -0.39 is 0 Å². The lowest BCUT2D eigenvalue weighted by Gasteiger charge is -2.13. The highest BCUT2D eigenvalue weighted by Crippen LogP contribution is 2.45. The van der Waals surface area contributed by atoms with E-state index >= 15 is 0 Å². The van der Waals surface area contributed by atoms with Crippen LogP contribution in [-0.2, 0) is 0 Å². The maximum atomic E-state index is 6.47. The summed E-state index contributed by atoms with van der Waals surface area (Å²) in [6.07, 6.45) is 6.70. The molecule has 1 aromatic carbocycles. The van der Waals surface area contributed by atoms with E-state index in [1.165, 1.54) is 0 Å². The number of aromatic nitrogens is 4. The zero-order valence-electron chi connectivity index (χ0n) is 12.9. The normalized spacial score (nSPS) is 11.1. The van der Waals surface area contributed by atoms with Gasteiger partial charge in [-0.3, -0.25) is 9.97 Å². The zero-order chi connectivity index (χ0) is 18.3. The van der Waals surface area contributed by atoms with Crippen LogP contribution in [0, 0.1) is 0 Å². The standard InChI is InChI=1S/C18H8Cl4N4/c19-12-11-16(9-3-1-5-23-7-9)25-18(10-4-2-6-24-8-10)26-17(11)15(22)14(21)13(12)20/h1-8H. The number of fused-ring (bicyclic) bond motifs is 1. The molecule has 0 unspecified atom stereocenters. The summed E-state index contributed by atoms with van der Waals surface area (Å²) in [6.45, 7) is 0. The number of pyridine rings is 2. The number of hydrogen-bond donors (Lipinski definition) is 0. The third kappa shape index (κ3) is 2.89. The lowest BCUT2D eigenvalue weighted by Crippen LogP contribution is -1.98. The van der Waals surface area contributed by atoms with E-state index in [2.05, 4.69) is 19.9 Å². The van der Waals surface area contributed by atoms with E-state index in [0.29, 0.717) is 22.4 Å². The van der Waals surface area contributed by atoms with Gasteiger partial charge < -0.3 is 0 Å². The van der Waals surface area contributed by atoms with E-state index in [0.717, 1.165) is 11.1 Å². The van der Waals surface area contributed by atoms with Crippen molar-refractivity contribution in [2.24, 2.45) is 0 Å². The van der Waals surface area contributed by atoms with Crippen molar-refractivity contribution in [3.63, 3.8) is 0 Å². The summed E-state index contributed by atoms with van der Waals surface area (Å²) in [5.41, 5.74) is 2.46. The molecule has 0 saturated carbocycles. The van der Waals surface area contributed by atoms with Crippen LogP contribution >= 0.6 is 46.4 Å². The van der Waals surface area contributed by atoms with Gasteiger partial charge in [0.2, 0.25) is 0 Å². The summed E-state index contributed by atoms with van der Waals surface area (Å²) >= 11 is 25.4. The van der Waals surface area contributed by atoms with Gasteiger partial charge >= 0.3 is 0 Å². The molecule has 0 saturated heterocycles. The summed E-state index contributed by atoms with van der Waals surface area (Å²) in [6, 6.07) is 7.33. The SMILES string of the molecule is Clc1c(Cl)c(Cl)c2c(-c3cccnc3)nc(-c3cccnc3)nc2c1Cl. The van der Waals surface area contributed by atoms with Crippen LogP contribution in [0.4, 0.5) is 0 Å². The molecule has 4 aromatic rings. The van der Waals surface area contributed by atoms with Crippen LogP contribution in [0.25, 0.3) is 33.5 Å². The Kier molecular flexibility index (Phi) is 4.67. The van der Waals surface area contributed by atoms with Gasteiger partial charge in [-0.25, -0.2) is 9.97 Å². The van der Waals surface area contributed by atoms with Crippen LogP contribution in [0.1, 0.15) is 0 Å². The summed E-state index contributed by atoms with van der Waals surface area (Å²) in [7, 11) is 0. The van der Waals surface area contributed by atoms with Crippen molar-refractivity contribution in [3.8, 4) is 22.6 Å². The second-order valence-electron chi connectivity index (χ2n) is 5.36. The monoisotopic (exact) mass is 420 g/mol. The molecule has 0 aliphatic carbocycles. The van der Waals surface area contributed by atoms with Gasteiger partial charge in [-0.05, 0) is 24.3 Å². The van der Waals surface area contributed by atoms with Gasteiger partial charge in [-0.15, -0.1) is 0 Å². The maximum absolute atomic E-state index is 6.47. The molecule has 0 atom stereocenters. The fourth-order valence-corrected chi connectivity index (χ4v) is 3.54. The number of halogens is 4. The zero-order valence-corrected chi connectivity index (χ0v) is 15.9. The molecular weight excluding hydrogens is 414 g/mol. The summed E-state index contributed by atoms with van der Waals surface area (Å²) < 4.78 is 0. The van der Waals surface area contributed by atoms with Gasteiger partial charge in [0.15, 0.2) is 5.82 Å². The van der Waals surface area contributed by atoms with Crippen molar-refractivity contribution < 1.29 is 0 Å². The van der Waals surface area contributed by atoms with Crippen LogP contribution in [0.3, 0.4) is 0 Å². The maximum Gasteiger partial charge on any atom is 0.162 e. The average molecular weight is 422 g/mol. The van der Waals surface area contributed by atoms with Crippen molar-refractivity contribution in [1.29, 1.82) is 0 Å². The van der Waals surface area contributed by atoms with Gasteiger partial charge in [0.25, 0.3) is 0 Å². The minimum atomic E-state index is 0.152. The Morgan fingerprint density at radius 3 is 1.88 bits per heavy atom. The Morgan fingerprint density at radius 1 is 0.654 bits per heavy atom. The minimum Gasteiger partial charge on any atom is -0.264 e. The average Bonchev–Trinajstić information content (AvgIpc) is 2.71. The third-order valence-corrected chi connectivity index (χ3v) is 5.56. The first-order chi connectivity index (χ1) is 12.6. The fraction of sp³-hybridized carbons (Fsp3) is 0. The number of rotatable bonds is 2. The minimum absolute atomic E-state index is 0.152. The number of benzene rings is 1. The van der Waals surface area contributed by atoms with Crippen LogP contribution in [-0.4, -0.2) is 19.9 Å². The lowest BCUT2D eigenvalue weighted by molar-refractivity contribution is 1.20. The number of nitrogens with zero attached hydrogens (tertiary/aromatic N) is 4. The molecule has 26 heavy (non-hydrogen) atoms. The molecular formula is C18H8Cl4N4. The van der Waals surface area contributed by atoms with Crippen LogP contribution in [0.2, 0.25) is 20.1 Å². The van der Waals surface area contributed by atoms with E-state index in [9.17, 15) is 0 Å². The molecule has 4 nitrogen and oxygen atoms in total. The summed E-state index contributed by atoms with van der Waals surface area (Å²) in [5.74, 6) is 0.445. The van der Waals surface area contributed by atoms with Gasteiger partial charge in [0, 0.05) is 41.3 Å². The highest BCUT2D eigenvalue weighted by molar-refractivity contribution is 6.55. The highest BCUT2D eigenvalue weighted by atomic mass is 35.5. The van der Waals surface area contributed by atoms with E-state index in [1.54, 1.807) is 36.9 Å². The Bertz CT molecular complexity index is 1120. The molecule has 3 aromatic heterocycles. The molecule has 3 heterocycles. The first-order valence-electron chi connectivity index (χ1n) is 7.42. The molecule has 0 aliphatic heterocycles. The van der Waals surface area contributed by atoms with Gasteiger partial charge in [-0.2, -0.15) is 0 Å². The van der Waals surface area contributed by atoms with Gasteiger partial charge in [-0.1, -0.05) is 46.4 Å². The summed E-state index contributed by atoms with van der Waals surface area (Å²) in [5, 5.41) is 1.29. The molecule has 0 bridgehead atoms. The quantitative estimate of drug-likeness (QED) is 0.278. The predicted octanol–water partition coefficient (Wildman–Crippen LogP) is 6.37. The molecule has 0 N–H and O–H groups in total. The molecule has 0 radical (unpaired) electrons.